The molecule has 0 saturated carbocycles. The fourth-order valence-electron chi connectivity index (χ4n) is 1.99. The van der Waals surface area contributed by atoms with E-state index in [9.17, 15) is 4.79 Å². The van der Waals surface area contributed by atoms with Crippen molar-refractivity contribution in [3.8, 4) is 0 Å². The Labute approximate surface area is 110 Å². The van der Waals surface area contributed by atoms with Crippen molar-refractivity contribution in [1.29, 1.82) is 0 Å². The van der Waals surface area contributed by atoms with Gasteiger partial charge in [0.25, 0.3) is 0 Å². The molecule has 2 atom stereocenters. The number of aryl methyl sites for hydroxylation is 1. The molecular weight excluding hydrogens is 224 g/mol. The standard InChI is InChI=1S/C15H24N2O/c1-5-12-6-8-13(9-7-12)14(10(2)3)17-11(4)15(16)18/h6-11,14,17H,5H2,1-4H3,(H2,16,18)/t11-,14+/m0/s1. The van der Waals surface area contributed by atoms with Crippen LogP contribution in [0.5, 0.6) is 0 Å². The second-order valence-electron chi connectivity index (χ2n) is 5.11. The minimum absolute atomic E-state index is 0.151. The average molecular weight is 248 g/mol. The Morgan fingerprint density at radius 3 is 2.17 bits per heavy atom. The van der Waals surface area contributed by atoms with E-state index in [1.54, 1.807) is 6.92 Å². The van der Waals surface area contributed by atoms with E-state index in [0.717, 1.165) is 6.42 Å². The summed E-state index contributed by atoms with van der Waals surface area (Å²) in [6.45, 7) is 8.22. The maximum atomic E-state index is 11.1. The van der Waals surface area contributed by atoms with Crippen molar-refractivity contribution in [2.75, 3.05) is 0 Å². The number of primary amides is 1. The zero-order valence-corrected chi connectivity index (χ0v) is 11.7. The van der Waals surface area contributed by atoms with Gasteiger partial charge in [-0.2, -0.15) is 0 Å². The van der Waals surface area contributed by atoms with Crippen molar-refractivity contribution >= 4 is 5.91 Å². The van der Waals surface area contributed by atoms with Crippen LogP contribution in [0.1, 0.15) is 44.9 Å². The van der Waals surface area contributed by atoms with Crippen molar-refractivity contribution in [2.24, 2.45) is 11.7 Å². The lowest BCUT2D eigenvalue weighted by Gasteiger charge is -2.25. The Balaban J connectivity index is 2.86. The van der Waals surface area contributed by atoms with E-state index in [-0.39, 0.29) is 18.0 Å². The van der Waals surface area contributed by atoms with Gasteiger partial charge in [0.15, 0.2) is 0 Å². The van der Waals surface area contributed by atoms with Gasteiger partial charge in [-0.25, -0.2) is 0 Å². The molecule has 0 unspecified atom stereocenters. The number of carbonyl (C=O) groups is 1. The predicted octanol–water partition coefficient (Wildman–Crippen LogP) is 2.41. The quantitative estimate of drug-likeness (QED) is 0.812. The minimum atomic E-state index is -0.316. The first-order valence-electron chi connectivity index (χ1n) is 6.59. The molecule has 0 radical (unpaired) electrons. The summed E-state index contributed by atoms with van der Waals surface area (Å²) in [6, 6.07) is 8.37. The maximum Gasteiger partial charge on any atom is 0.234 e. The first-order valence-corrected chi connectivity index (χ1v) is 6.59. The van der Waals surface area contributed by atoms with E-state index in [2.05, 4.69) is 50.4 Å². The van der Waals surface area contributed by atoms with Gasteiger partial charge in [-0.15, -0.1) is 0 Å². The van der Waals surface area contributed by atoms with Crippen LogP contribution in [0.25, 0.3) is 0 Å². The van der Waals surface area contributed by atoms with Crippen molar-refractivity contribution < 1.29 is 4.79 Å². The second kappa shape index (κ2) is 6.55. The van der Waals surface area contributed by atoms with Crippen LogP contribution < -0.4 is 11.1 Å². The molecule has 3 nitrogen and oxygen atoms in total. The largest absolute Gasteiger partial charge is 0.368 e. The molecule has 3 N–H and O–H groups in total. The zero-order valence-electron chi connectivity index (χ0n) is 11.7. The molecule has 0 aliphatic heterocycles. The lowest BCUT2D eigenvalue weighted by Crippen LogP contribution is -2.42. The summed E-state index contributed by atoms with van der Waals surface area (Å²) >= 11 is 0. The zero-order chi connectivity index (χ0) is 13.7. The highest BCUT2D eigenvalue weighted by Gasteiger charge is 2.20. The molecule has 0 saturated heterocycles. The van der Waals surface area contributed by atoms with Gasteiger partial charge in [-0.05, 0) is 30.4 Å². The predicted molar refractivity (Wildman–Crippen MR) is 75.2 cm³/mol. The van der Waals surface area contributed by atoms with Crippen LogP contribution in [0.2, 0.25) is 0 Å². The molecule has 0 aliphatic rings. The monoisotopic (exact) mass is 248 g/mol. The van der Waals surface area contributed by atoms with Crippen LogP contribution in [0.4, 0.5) is 0 Å². The van der Waals surface area contributed by atoms with Gasteiger partial charge in [0.05, 0.1) is 6.04 Å². The summed E-state index contributed by atoms with van der Waals surface area (Å²) in [5.74, 6) is 0.0881. The molecule has 1 rings (SSSR count). The van der Waals surface area contributed by atoms with E-state index < -0.39 is 0 Å². The Bertz CT molecular complexity index is 384. The number of nitrogens with two attached hydrogens (primary N) is 1. The molecule has 0 aromatic heterocycles. The topological polar surface area (TPSA) is 55.1 Å². The Hall–Kier alpha value is -1.35. The SMILES string of the molecule is CCc1ccc([C@H](N[C@@H](C)C(N)=O)C(C)C)cc1. The highest BCUT2D eigenvalue weighted by atomic mass is 16.1. The molecule has 0 bridgehead atoms. The van der Waals surface area contributed by atoms with Gasteiger partial charge in [0, 0.05) is 6.04 Å². The molecule has 1 amide bonds. The molecule has 3 heteroatoms. The number of amides is 1. The van der Waals surface area contributed by atoms with E-state index in [1.165, 1.54) is 11.1 Å². The lowest BCUT2D eigenvalue weighted by atomic mass is 9.94. The number of benzene rings is 1. The van der Waals surface area contributed by atoms with Crippen LogP contribution in [-0.4, -0.2) is 11.9 Å². The molecule has 1 aromatic carbocycles. The van der Waals surface area contributed by atoms with Gasteiger partial charge in [-0.1, -0.05) is 45.0 Å². The molecule has 18 heavy (non-hydrogen) atoms. The van der Waals surface area contributed by atoms with Gasteiger partial charge >= 0.3 is 0 Å². The van der Waals surface area contributed by atoms with Crippen LogP contribution in [0.15, 0.2) is 24.3 Å². The number of carbonyl (C=O) groups excluding carboxylic acids is 1. The fraction of sp³-hybridized carbons (Fsp3) is 0.533. The van der Waals surface area contributed by atoms with Crippen molar-refractivity contribution in [2.45, 2.75) is 46.2 Å². The number of nitrogens with one attached hydrogen (secondary N) is 1. The Morgan fingerprint density at radius 2 is 1.78 bits per heavy atom. The molecule has 1 aromatic rings. The molecule has 0 aliphatic carbocycles. The average Bonchev–Trinajstić information content (AvgIpc) is 2.35. The summed E-state index contributed by atoms with van der Waals surface area (Å²) in [7, 11) is 0. The summed E-state index contributed by atoms with van der Waals surface area (Å²) in [6.07, 6.45) is 1.04. The van der Waals surface area contributed by atoms with Crippen molar-refractivity contribution in [3.63, 3.8) is 0 Å². The van der Waals surface area contributed by atoms with Gasteiger partial charge in [0.1, 0.15) is 0 Å². The van der Waals surface area contributed by atoms with E-state index in [1.807, 2.05) is 0 Å². The highest BCUT2D eigenvalue weighted by molar-refractivity contribution is 5.79. The van der Waals surface area contributed by atoms with E-state index in [0.29, 0.717) is 5.92 Å². The van der Waals surface area contributed by atoms with Crippen LogP contribution in [-0.2, 0) is 11.2 Å². The third-order valence-corrected chi connectivity index (χ3v) is 3.27. The highest BCUT2D eigenvalue weighted by Crippen LogP contribution is 2.22. The first-order chi connectivity index (χ1) is 8.45. The second-order valence-corrected chi connectivity index (χ2v) is 5.11. The molecular formula is C15H24N2O. The number of rotatable bonds is 6. The Kier molecular flexibility index (Phi) is 5.35. The normalized spacial score (nSPS) is 14.5. The van der Waals surface area contributed by atoms with E-state index >= 15 is 0 Å². The minimum Gasteiger partial charge on any atom is -0.368 e. The molecule has 0 heterocycles. The van der Waals surface area contributed by atoms with Crippen LogP contribution in [0, 0.1) is 5.92 Å². The smallest absolute Gasteiger partial charge is 0.234 e. The third kappa shape index (κ3) is 3.84. The number of hydrogen-bond acceptors (Lipinski definition) is 2. The third-order valence-electron chi connectivity index (χ3n) is 3.27. The summed E-state index contributed by atoms with van der Waals surface area (Å²) in [5.41, 5.74) is 7.83. The first kappa shape index (κ1) is 14.7. The van der Waals surface area contributed by atoms with Gasteiger partial charge in [-0.3, -0.25) is 10.1 Å². The molecule has 100 valence electrons. The van der Waals surface area contributed by atoms with Gasteiger partial charge in [0.2, 0.25) is 5.91 Å². The maximum absolute atomic E-state index is 11.1. The molecule has 0 spiro atoms. The van der Waals surface area contributed by atoms with E-state index in [4.69, 9.17) is 5.73 Å². The summed E-state index contributed by atoms with van der Waals surface area (Å²) in [4.78, 5) is 11.1. The van der Waals surface area contributed by atoms with Crippen LogP contribution >= 0.6 is 0 Å². The Morgan fingerprint density at radius 1 is 1.22 bits per heavy atom. The van der Waals surface area contributed by atoms with Crippen LogP contribution in [0.3, 0.4) is 0 Å². The van der Waals surface area contributed by atoms with Crippen molar-refractivity contribution in [1.82, 2.24) is 5.32 Å². The fourth-order valence-corrected chi connectivity index (χ4v) is 1.99. The molecule has 0 fully saturated rings. The summed E-state index contributed by atoms with van der Waals surface area (Å²) in [5, 5.41) is 3.30. The number of hydrogen-bond donors (Lipinski definition) is 2. The van der Waals surface area contributed by atoms with Crippen molar-refractivity contribution in [3.05, 3.63) is 35.4 Å². The van der Waals surface area contributed by atoms with Gasteiger partial charge < -0.3 is 5.73 Å². The summed E-state index contributed by atoms with van der Waals surface area (Å²) < 4.78 is 0. The lowest BCUT2D eigenvalue weighted by molar-refractivity contribution is -0.119.